The Morgan fingerprint density at radius 3 is 2.81 bits per heavy atom. The number of piperidine rings is 1. The molecule has 1 aliphatic carbocycles. The number of hydrogen-bond acceptors (Lipinski definition) is 5. The van der Waals surface area contributed by atoms with Crippen LogP contribution in [-0.4, -0.2) is 59.2 Å². The lowest BCUT2D eigenvalue weighted by Gasteiger charge is -2.30. The zero-order valence-corrected chi connectivity index (χ0v) is 15.5. The van der Waals surface area contributed by atoms with Crippen molar-refractivity contribution in [1.82, 2.24) is 10.3 Å². The monoisotopic (exact) mass is 388 g/mol. The lowest BCUT2D eigenvalue weighted by molar-refractivity contribution is 0.0613. The van der Waals surface area contributed by atoms with Crippen LogP contribution in [0.25, 0.3) is 0 Å². The molecular formula is C16H22F2N4O3S. The van der Waals surface area contributed by atoms with Crippen molar-refractivity contribution in [2.45, 2.75) is 30.8 Å². The highest BCUT2D eigenvalue weighted by atomic mass is 32.2. The minimum absolute atomic E-state index is 0.0427. The van der Waals surface area contributed by atoms with Gasteiger partial charge in [0, 0.05) is 51.2 Å². The van der Waals surface area contributed by atoms with Gasteiger partial charge < -0.3 is 10.1 Å². The van der Waals surface area contributed by atoms with Gasteiger partial charge >= 0.3 is 10.2 Å². The van der Waals surface area contributed by atoms with E-state index in [1.807, 2.05) is 0 Å². The summed E-state index contributed by atoms with van der Waals surface area (Å²) in [5.41, 5.74) is 1.12. The molecule has 26 heavy (non-hydrogen) atoms. The van der Waals surface area contributed by atoms with Gasteiger partial charge in [0.15, 0.2) is 5.82 Å². The molecule has 2 aliphatic heterocycles. The van der Waals surface area contributed by atoms with Crippen molar-refractivity contribution < 1.29 is 21.9 Å². The molecule has 2 fully saturated rings. The zero-order valence-electron chi connectivity index (χ0n) is 14.7. The maximum Gasteiger partial charge on any atom is 0.327 e. The maximum absolute atomic E-state index is 13.3. The van der Waals surface area contributed by atoms with E-state index in [4.69, 9.17) is 4.74 Å². The minimum atomic E-state index is -3.87. The predicted octanol–water partition coefficient (Wildman–Crippen LogP) is 1.33. The molecule has 1 saturated carbocycles. The first-order valence-electron chi connectivity index (χ1n) is 8.64. The molecule has 0 amide bonds. The van der Waals surface area contributed by atoms with Gasteiger partial charge in [0.25, 0.3) is 5.92 Å². The van der Waals surface area contributed by atoms with E-state index in [-0.39, 0.29) is 25.0 Å². The van der Waals surface area contributed by atoms with Gasteiger partial charge in [0.05, 0.1) is 11.8 Å². The van der Waals surface area contributed by atoms with Crippen LogP contribution in [-0.2, 0) is 14.9 Å². The van der Waals surface area contributed by atoms with Crippen LogP contribution >= 0.6 is 0 Å². The molecule has 3 atom stereocenters. The van der Waals surface area contributed by atoms with Gasteiger partial charge in [-0.2, -0.15) is 8.42 Å². The number of ether oxygens (including phenoxy) is 1. The molecule has 1 N–H and O–H groups in total. The number of alkyl halides is 2. The van der Waals surface area contributed by atoms with Crippen molar-refractivity contribution >= 4 is 21.7 Å². The van der Waals surface area contributed by atoms with Gasteiger partial charge in [-0.15, -0.1) is 0 Å². The first-order valence-corrected chi connectivity index (χ1v) is 10.0. The normalized spacial score (nSPS) is 31.8. The Morgan fingerprint density at radius 2 is 2.15 bits per heavy atom. The first kappa shape index (κ1) is 17.9. The van der Waals surface area contributed by atoms with E-state index in [2.05, 4.69) is 10.3 Å². The van der Waals surface area contributed by atoms with E-state index >= 15 is 0 Å². The van der Waals surface area contributed by atoms with Crippen molar-refractivity contribution in [3.63, 3.8) is 0 Å². The summed E-state index contributed by atoms with van der Waals surface area (Å²) in [6, 6.07) is 3.46. The first-order chi connectivity index (χ1) is 12.3. The maximum atomic E-state index is 13.3. The van der Waals surface area contributed by atoms with E-state index in [9.17, 15) is 17.2 Å². The molecule has 1 aromatic heterocycles. The number of aromatic nitrogens is 1. The molecule has 7 nitrogen and oxygen atoms in total. The van der Waals surface area contributed by atoms with Gasteiger partial charge in [0.1, 0.15) is 0 Å². The van der Waals surface area contributed by atoms with Crippen molar-refractivity contribution in [2.24, 2.45) is 5.92 Å². The van der Waals surface area contributed by atoms with E-state index in [1.165, 1.54) is 7.05 Å². The van der Waals surface area contributed by atoms with Crippen LogP contribution in [0.4, 0.5) is 20.3 Å². The van der Waals surface area contributed by atoms with E-state index in [0.29, 0.717) is 18.1 Å². The highest BCUT2D eigenvalue weighted by Crippen LogP contribution is 2.51. The van der Waals surface area contributed by atoms with E-state index in [0.717, 1.165) is 27.3 Å². The Kier molecular flexibility index (Phi) is 4.12. The second kappa shape index (κ2) is 6.00. The molecule has 0 radical (unpaired) electrons. The third kappa shape index (κ3) is 2.74. The number of pyridine rings is 1. The number of hydrogen-bond donors (Lipinski definition) is 1. The second-order valence-corrected chi connectivity index (χ2v) is 9.00. The molecule has 1 aromatic rings. The number of fused-ring (bicyclic) bond motifs is 1. The Hall–Kier alpha value is -1.52. The highest BCUT2D eigenvalue weighted by molar-refractivity contribution is 7.94. The van der Waals surface area contributed by atoms with Crippen LogP contribution in [0, 0.1) is 5.92 Å². The van der Waals surface area contributed by atoms with E-state index < -0.39 is 22.0 Å². The zero-order chi connectivity index (χ0) is 18.7. The van der Waals surface area contributed by atoms with Crippen LogP contribution in [0.15, 0.2) is 12.1 Å². The third-order valence-electron chi connectivity index (χ3n) is 5.52. The van der Waals surface area contributed by atoms with Crippen LogP contribution < -0.4 is 13.9 Å². The molecule has 3 heterocycles. The lowest BCUT2D eigenvalue weighted by Crippen LogP contribution is -2.40. The molecular weight excluding hydrogens is 366 g/mol. The SMILES string of the molecule is COC1CNCCC1c1ccc2c(n1)N(C)S(=O)(=O)N2CC1CC1(F)F. The largest absolute Gasteiger partial charge is 0.379 e. The number of halogens is 2. The van der Waals surface area contributed by atoms with Gasteiger partial charge in [-0.1, -0.05) is 0 Å². The fourth-order valence-corrected chi connectivity index (χ4v) is 5.15. The van der Waals surface area contributed by atoms with Crippen molar-refractivity contribution in [2.75, 3.05) is 42.4 Å². The molecule has 3 unspecified atom stereocenters. The molecule has 10 heteroatoms. The molecule has 0 spiro atoms. The van der Waals surface area contributed by atoms with E-state index in [1.54, 1.807) is 19.2 Å². The second-order valence-electron chi connectivity index (χ2n) is 7.12. The quantitative estimate of drug-likeness (QED) is 0.842. The van der Waals surface area contributed by atoms with Crippen molar-refractivity contribution in [3.05, 3.63) is 17.8 Å². The summed E-state index contributed by atoms with van der Waals surface area (Å²) in [6.45, 7) is 1.32. The Morgan fingerprint density at radius 1 is 1.42 bits per heavy atom. The Labute approximate surface area is 151 Å². The summed E-state index contributed by atoms with van der Waals surface area (Å²) in [5, 5.41) is 3.26. The van der Waals surface area contributed by atoms with Gasteiger partial charge in [-0.05, 0) is 25.1 Å². The predicted molar refractivity (Wildman–Crippen MR) is 93.0 cm³/mol. The summed E-state index contributed by atoms with van der Waals surface area (Å²) < 4.78 is 59.6. The average Bonchev–Trinajstić information content (AvgIpc) is 3.19. The third-order valence-corrected chi connectivity index (χ3v) is 7.29. The average molecular weight is 388 g/mol. The molecule has 1 saturated heterocycles. The van der Waals surface area contributed by atoms with Crippen molar-refractivity contribution in [3.8, 4) is 0 Å². The smallest absolute Gasteiger partial charge is 0.327 e. The van der Waals surface area contributed by atoms with Gasteiger partial charge in [-0.25, -0.2) is 22.4 Å². The van der Waals surface area contributed by atoms with Gasteiger partial charge in [0.2, 0.25) is 0 Å². The number of nitrogens with zero attached hydrogens (tertiary/aromatic N) is 3. The topological polar surface area (TPSA) is 74.8 Å². The molecule has 144 valence electrons. The number of methoxy groups -OCH3 is 1. The Bertz CT molecular complexity index is 820. The van der Waals surface area contributed by atoms with Crippen LogP contribution in [0.3, 0.4) is 0 Å². The highest BCUT2D eigenvalue weighted by Gasteiger charge is 2.59. The molecule has 0 bridgehead atoms. The standard InChI is InChI=1S/C16H22F2N4O3S/c1-21-15-13(22(26(21,23)24)9-10-7-16(10,17)18)4-3-12(20-15)11-5-6-19-8-14(11)25-2/h3-4,10-11,14,19H,5-9H2,1-2H3. The van der Waals surface area contributed by atoms with Crippen LogP contribution in [0.5, 0.6) is 0 Å². The van der Waals surface area contributed by atoms with Gasteiger partial charge in [-0.3, -0.25) is 0 Å². The van der Waals surface area contributed by atoms with Crippen molar-refractivity contribution in [1.29, 1.82) is 0 Å². The number of rotatable bonds is 4. The molecule has 0 aromatic carbocycles. The number of nitrogens with one attached hydrogen (secondary N) is 1. The summed E-state index contributed by atoms with van der Waals surface area (Å²) in [5.74, 6) is -3.35. The fourth-order valence-electron chi connectivity index (χ4n) is 3.75. The Balaban J connectivity index is 1.66. The summed E-state index contributed by atoms with van der Waals surface area (Å²) in [6.07, 6.45) is 0.520. The summed E-state index contributed by atoms with van der Waals surface area (Å²) in [7, 11) is -0.816. The number of anilines is 2. The van der Waals surface area contributed by atoms with Crippen LogP contribution in [0.1, 0.15) is 24.5 Å². The summed E-state index contributed by atoms with van der Waals surface area (Å²) in [4.78, 5) is 4.58. The lowest BCUT2D eigenvalue weighted by atomic mass is 9.91. The fraction of sp³-hybridized carbons (Fsp3) is 0.688. The summed E-state index contributed by atoms with van der Waals surface area (Å²) >= 11 is 0. The molecule has 3 aliphatic rings. The molecule has 4 rings (SSSR count). The minimum Gasteiger partial charge on any atom is -0.379 e. The van der Waals surface area contributed by atoms with Crippen LogP contribution in [0.2, 0.25) is 0 Å².